The Kier molecular flexibility index (Phi) is 9.26. The molecular formula is C17H29NO4. The largest absolute Gasteiger partial charge is 0.497 e. The fourth-order valence-electron chi connectivity index (χ4n) is 1.68. The van der Waals surface area contributed by atoms with Crippen LogP contribution < -0.4 is 10.1 Å². The molecule has 1 rings (SSSR count). The second-order valence-electron chi connectivity index (χ2n) is 5.58. The standard InChI is InChI=1S/C15H23NO4.C2H6/c1-15(2,3)20-14(18)16-12(10-17)9-11-5-7-13(19-4)8-6-11;1-2/h5-8,12,17H,9-10H2,1-4H3,(H,16,18);1-2H3. The van der Waals surface area contributed by atoms with Gasteiger partial charge in [-0.15, -0.1) is 0 Å². The highest BCUT2D eigenvalue weighted by Crippen LogP contribution is 2.13. The molecule has 0 heterocycles. The number of methoxy groups -OCH3 is 1. The maximum Gasteiger partial charge on any atom is 0.407 e. The fraction of sp³-hybridized carbons (Fsp3) is 0.588. The van der Waals surface area contributed by atoms with Crippen molar-refractivity contribution in [1.29, 1.82) is 0 Å². The number of carbonyl (C=O) groups excluding carboxylic acids is 1. The number of aliphatic hydroxyl groups excluding tert-OH is 1. The molecular weight excluding hydrogens is 282 g/mol. The fourth-order valence-corrected chi connectivity index (χ4v) is 1.68. The van der Waals surface area contributed by atoms with Crippen LogP contribution in [0.25, 0.3) is 0 Å². The third-order valence-corrected chi connectivity index (χ3v) is 2.58. The van der Waals surface area contributed by atoms with E-state index in [1.807, 2.05) is 38.1 Å². The minimum atomic E-state index is -0.551. The summed E-state index contributed by atoms with van der Waals surface area (Å²) in [5.41, 5.74) is 0.449. The van der Waals surface area contributed by atoms with Crippen molar-refractivity contribution in [2.45, 2.75) is 52.7 Å². The summed E-state index contributed by atoms with van der Waals surface area (Å²) in [6.07, 6.45) is 0.00443. The summed E-state index contributed by atoms with van der Waals surface area (Å²) in [6.45, 7) is 9.24. The monoisotopic (exact) mass is 311 g/mol. The maximum absolute atomic E-state index is 11.7. The topological polar surface area (TPSA) is 67.8 Å². The summed E-state index contributed by atoms with van der Waals surface area (Å²) >= 11 is 0. The van der Waals surface area contributed by atoms with Gasteiger partial charge >= 0.3 is 6.09 Å². The van der Waals surface area contributed by atoms with Gasteiger partial charge in [0, 0.05) is 0 Å². The highest BCUT2D eigenvalue weighted by Gasteiger charge is 2.19. The van der Waals surface area contributed by atoms with Crippen molar-refractivity contribution in [3.63, 3.8) is 0 Å². The van der Waals surface area contributed by atoms with Gasteiger partial charge in [-0.25, -0.2) is 4.79 Å². The summed E-state index contributed by atoms with van der Waals surface area (Å²) in [6, 6.07) is 7.11. The first-order valence-electron chi connectivity index (χ1n) is 7.57. The van der Waals surface area contributed by atoms with Gasteiger partial charge in [-0.1, -0.05) is 26.0 Å². The zero-order valence-electron chi connectivity index (χ0n) is 14.5. The summed E-state index contributed by atoms with van der Waals surface area (Å²) in [5, 5.41) is 12.0. The van der Waals surface area contributed by atoms with Crippen molar-refractivity contribution < 1.29 is 19.4 Å². The van der Waals surface area contributed by atoms with Crippen LogP contribution >= 0.6 is 0 Å². The number of aliphatic hydroxyl groups is 1. The average Bonchev–Trinajstić information content (AvgIpc) is 2.47. The Balaban J connectivity index is 0.00000211. The second-order valence-corrected chi connectivity index (χ2v) is 5.58. The van der Waals surface area contributed by atoms with Crippen LogP contribution in [0.15, 0.2) is 24.3 Å². The van der Waals surface area contributed by atoms with E-state index in [0.29, 0.717) is 6.42 Å². The van der Waals surface area contributed by atoms with Crippen molar-refractivity contribution >= 4 is 6.09 Å². The Labute approximate surface area is 133 Å². The van der Waals surface area contributed by atoms with Crippen molar-refractivity contribution in [2.75, 3.05) is 13.7 Å². The molecule has 5 nitrogen and oxygen atoms in total. The highest BCUT2D eigenvalue weighted by molar-refractivity contribution is 5.68. The number of amides is 1. The summed E-state index contributed by atoms with van der Waals surface area (Å²) in [5.74, 6) is 0.773. The van der Waals surface area contributed by atoms with E-state index >= 15 is 0 Å². The van der Waals surface area contributed by atoms with Gasteiger partial charge in [-0.3, -0.25) is 0 Å². The molecule has 1 amide bonds. The Hall–Kier alpha value is -1.75. The normalized spacial score (nSPS) is 11.8. The van der Waals surface area contributed by atoms with Gasteiger partial charge in [0.1, 0.15) is 11.4 Å². The van der Waals surface area contributed by atoms with Crippen LogP contribution in [-0.2, 0) is 11.2 Å². The van der Waals surface area contributed by atoms with E-state index in [0.717, 1.165) is 11.3 Å². The smallest absolute Gasteiger partial charge is 0.407 e. The number of carbonyl (C=O) groups is 1. The van der Waals surface area contributed by atoms with Crippen LogP contribution in [0.2, 0.25) is 0 Å². The molecule has 1 unspecified atom stereocenters. The Bertz CT molecular complexity index is 423. The van der Waals surface area contributed by atoms with Gasteiger partial charge in [-0.05, 0) is 44.9 Å². The summed E-state index contributed by atoms with van der Waals surface area (Å²) in [7, 11) is 1.61. The first-order valence-corrected chi connectivity index (χ1v) is 7.57. The molecule has 22 heavy (non-hydrogen) atoms. The Morgan fingerprint density at radius 3 is 2.18 bits per heavy atom. The summed E-state index contributed by atoms with van der Waals surface area (Å²) < 4.78 is 10.2. The van der Waals surface area contributed by atoms with Crippen molar-refractivity contribution in [2.24, 2.45) is 0 Å². The molecule has 0 bridgehead atoms. The predicted molar refractivity (Wildman–Crippen MR) is 88.3 cm³/mol. The molecule has 126 valence electrons. The first-order chi connectivity index (χ1) is 10.3. The van der Waals surface area contributed by atoms with Gasteiger partial charge in [-0.2, -0.15) is 0 Å². The quantitative estimate of drug-likeness (QED) is 0.876. The average molecular weight is 311 g/mol. The van der Waals surface area contributed by atoms with Crippen LogP contribution in [0.4, 0.5) is 4.79 Å². The van der Waals surface area contributed by atoms with E-state index in [1.54, 1.807) is 27.9 Å². The number of nitrogens with one attached hydrogen (secondary N) is 1. The molecule has 0 aliphatic carbocycles. The molecule has 1 aromatic carbocycles. The van der Waals surface area contributed by atoms with Crippen LogP contribution in [-0.4, -0.2) is 36.6 Å². The van der Waals surface area contributed by atoms with Gasteiger partial charge in [0.15, 0.2) is 0 Å². The van der Waals surface area contributed by atoms with E-state index < -0.39 is 11.7 Å². The molecule has 0 aromatic heterocycles. The minimum Gasteiger partial charge on any atom is -0.497 e. The van der Waals surface area contributed by atoms with Crippen molar-refractivity contribution in [3.8, 4) is 5.75 Å². The zero-order valence-corrected chi connectivity index (χ0v) is 14.5. The number of alkyl carbamates (subject to hydrolysis) is 1. The van der Waals surface area contributed by atoms with E-state index in [2.05, 4.69) is 5.32 Å². The molecule has 1 aromatic rings. The molecule has 5 heteroatoms. The first kappa shape index (κ1) is 20.2. The molecule has 0 spiro atoms. The van der Waals surface area contributed by atoms with E-state index in [4.69, 9.17) is 9.47 Å². The molecule has 0 saturated carbocycles. The Morgan fingerprint density at radius 1 is 1.23 bits per heavy atom. The van der Waals surface area contributed by atoms with Crippen molar-refractivity contribution in [3.05, 3.63) is 29.8 Å². The lowest BCUT2D eigenvalue weighted by molar-refractivity contribution is 0.0483. The van der Waals surface area contributed by atoms with Crippen LogP contribution in [0.3, 0.4) is 0 Å². The SMILES string of the molecule is CC.COc1ccc(CC(CO)NC(=O)OC(C)(C)C)cc1. The molecule has 0 aliphatic rings. The van der Waals surface area contributed by atoms with E-state index in [9.17, 15) is 9.90 Å². The maximum atomic E-state index is 11.7. The highest BCUT2D eigenvalue weighted by atomic mass is 16.6. The molecule has 1 atom stereocenters. The van der Waals surface area contributed by atoms with Gasteiger partial charge in [0.05, 0.1) is 19.8 Å². The predicted octanol–water partition coefficient (Wildman–Crippen LogP) is 3.15. The van der Waals surface area contributed by atoms with Crippen LogP contribution in [0, 0.1) is 0 Å². The number of hydrogen-bond acceptors (Lipinski definition) is 4. The lowest BCUT2D eigenvalue weighted by Crippen LogP contribution is -2.42. The second kappa shape index (κ2) is 10.1. The third kappa shape index (κ3) is 8.52. The number of ether oxygens (including phenoxy) is 2. The third-order valence-electron chi connectivity index (χ3n) is 2.58. The van der Waals surface area contributed by atoms with E-state index in [1.165, 1.54) is 0 Å². The lowest BCUT2D eigenvalue weighted by atomic mass is 10.1. The van der Waals surface area contributed by atoms with Crippen LogP contribution in [0.5, 0.6) is 5.75 Å². The van der Waals surface area contributed by atoms with Gasteiger partial charge in [0.2, 0.25) is 0 Å². The molecule has 0 fully saturated rings. The number of hydrogen-bond donors (Lipinski definition) is 2. The minimum absolute atomic E-state index is 0.148. The Morgan fingerprint density at radius 2 is 1.77 bits per heavy atom. The zero-order chi connectivity index (χ0) is 17.2. The number of benzene rings is 1. The molecule has 0 radical (unpaired) electrons. The number of rotatable bonds is 5. The molecule has 2 N–H and O–H groups in total. The van der Waals surface area contributed by atoms with E-state index in [-0.39, 0.29) is 12.6 Å². The summed E-state index contributed by atoms with van der Waals surface area (Å²) in [4.78, 5) is 11.7. The van der Waals surface area contributed by atoms with Crippen molar-refractivity contribution in [1.82, 2.24) is 5.32 Å². The molecule has 0 aliphatic heterocycles. The lowest BCUT2D eigenvalue weighted by Gasteiger charge is -2.22. The van der Waals surface area contributed by atoms with Gasteiger partial charge in [0.25, 0.3) is 0 Å². The molecule has 0 saturated heterocycles. The van der Waals surface area contributed by atoms with Crippen LogP contribution in [0.1, 0.15) is 40.2 Å². The van der Waals surface area contributed by atoms with Gasteiger partial charge < -0.3 is 19.9 Å².